The maximum Gasteiger partial charge on any atom is 0.417 e. The van der Waals surface area contributed by atoms with E-state index >= 15 is 0 Å². The summed E-state index contributed by atoms with van der Waals surface area (Å²) in [5.41, 5.74) is -0.760. The molecule has 26 heavy (non-hydrogen) atoms. The van der Waals surface area contributed by atoms with Crippen molar-refractivity contribution in [3.05, 3.63) is 23.9 Å². The average molecular weight is 375 g/mol. The molecular weight excluding hydrogens is 351 g/mol. The van der Waals surface area contributed by atoms with Crippen molar-refractivity contribution in [2.45, 2.75) is 37.3 Å². The van der Waals surface area contributed by atoms with Gasteiger partial charge in [-0.25, -0.2) is 4.98 Å². The van der Waals surface area contributed by atoms with Gasteiger partial charge in [-0.05, 0) is 30.9 Å². The van der Waals surface area contributed by atoms with E-state index in [1.807, 2.05) is 9.80 Å². The van der Waals surface area contributed by atoms with Crippen molar-refractivity contribution in [3.8, 4) is 0 Å². The molecule has 1 aromatic heterocycles. The van der Waals surface area contributed by atoms with Crippen LogP contribution in [-0.4, -0.2) is 76.2 Å². The van der Waals surface area contributed by atoms with Crippen LogP contribution in [0.3, 0.4) is 0 Å². The number of pyridine rings is 1. The molecule has 1 aromatic rings. The zero-order valence-corrected chi connectivity index (χ0v) is 14.3. The van der Waals surface area contributed by atoms with Gasteiger partial charge in [-0.2, -0.15) is 13.2 Å². The molecule has 2 saturated heterocycles. The minimum absolute atomic E-state index is 0.252. The first-order chi connectivity index (χ1) is 12.2. The first-order valence-electron chi connectivity index (χ1n) is 8.79. The van der Waals surface area contributed by atoms with Crippen LogP contribution in [-0.2, 0) is 6.18 Å². The van der Waals surface area contributed by atoms with Gasteiger partial charge in [-0.3, -0.25) is 4.90 Å². The van der Waals surface area contributed by atoms with Crippen LogP contribution in [0.4, 0.5) is 19.0 Å². The van der Waals surface area contributed by atoms with Gasteiger partial charge < -0.3 is 20.2 Å². The summed E-state index contributed by atoms with van der Waals surface area (Å²) in [4.78, 5) is 7.86. The quantitative estimate of drug-likeness (QED) is 0.722. The van der Waals surface area contributed by atoms with E-state index in [4.69, 9.17) is 0 Å². The molecule has 3 heterocycles. The number of alkyl halides is 3. The number of piperidine rings is 2. The summed E-state index contributed by atoms with van der Waals surface area (Å²) in [5, 5.41) is 29.2. The minimum Gasteiger partial charge on any atom is -0.389 e. The summed E-state index contributed by atoms with van der Waals surface area (Å²) in [6.07, 6.45) is -4.75. The van der Waals surface area contributed by atoms with Crippen molar-refractivity contribution >= 4 is 5.82 Å². The fourth-order valence-electron chi connectivity index (χ4n) is 3.75. The van der Waals surface area contributed by atoms with Gasteiger partial charge in [0.05, 0.1) is 17.8 Å². The number of β-amino-alcohol motifs (C(OH)–C–C–N with tert-alkyl or cyclic N) is 2. The molecule has 0 bridgehead atoms. The van der Waals surface area contributed by atoms with Crippen molar-refractivity contribution in [2.75, 3.05) is 37.6 Å². The molecule has 2 fully saturated rings. The van der Waals surface area contributed by atoms with E-state index in [2.05, 4.69) is 4.98 Å². The highest BCUT2D eigenvalue weighted by molar-refractivity contribution is 5.40. The molecule has 3 rings (SSSR count). The minimum atomic E-state index is -4.39. The number of anilines is 1. The van der Waals surface area contributed by atoms with E-state index in [9.17, 15) is 28.5 Å². The Labute approximate surface area is 149 Å². The van der Waals surface area contributed by atoms with Crippen molar-refractivity contribution in [1.29, 1.82) is 0 Å². The van der Waals surface area contributed by atoms with Crippen LogP contribution in [0.5, 0.6) is 0 Å². The van der Waals surface area contributed by atoms with Crippen LogP contribution in [0, 0.1) is 5.92 Å². The molecule has 4 atom stereocenters. The Bertz CT molecular complexity index is 587. The van der Waals surface area contributed by atoms with Crippen molar-refractivity contribution in [3.63, 3.8) is 0 Å². The van der Waals surface area contributed by atoms with Crippen LogP contribution in [0.2, 0.25) is 0 Å². The van der Waals surface area contributed by atoms with Crippen molar-refractivity contribution in [2.24, 2.45) is 5.92 Å². The third-order valence-corrected chi connectivity index (χ3v) is 5.11. The molecule has 6 nitrogen and oxygen atoms in total. The first-order valence-corrected chi connectivity index (χ1v) is 8.79. The fourth-order valence-corrected chi connectivity index (χ4v) is 3.75. The van der Waals surface area contributed by atoms with E-state index in [-0.39, 0.29) is 5.92 Å². The molecule has 0 spiro atoms. The Morgan fingerprint density at radius 1 is 1.08 bits per heavy atom. The van der Waals surface area contributed by atoms with E-state index in [0.717, 1.165) is 31.6 Å². The van der Waals surface area contributed by atoms with Crippen LogP contribution >= 0.6 is 0 Å². The first kappa shape index (κ1) is 19.3. The largest absolute Gasteiger partial charge is 0.417 e. The third kappa shape index (κ3) is 4.46. The number of hydrogen-bond acceptors (Lipinski definition) is 6. The van der Waals surface area contributed by atoms with Gasteiger partial charge in [0.25, 0.3) is 0 Å². The molecule has 3 N–H and O–H groups in total. The number of aliphatic hydroxyl groups is 3. The summed E-state index contributed by atoms with van der Waals surface area (Å²) >= 11 is 0. The number of nitrogens with zero attached hydrogens (tertiary/aromatic N) is 3. The van der Waals surface area contributed by atoms with E-state index in [1.165, 1.54) is 6.07 Å². The number of rotatable bonds is 3. The van der Waals surface area contributed by atoms with Gasteiger partial charge in [-0.1, -0.05) is 0 Å². The van der Waals surface area contributed by atoms with Crippen molar-refractivity contribution in [1.82, 2.24) is 9.88 Å². The molecule has 0 aromatic carbocycles. The molecule has 146 valence electrons. The van der Waals surface area contributed by atoms with Gasteiger partial charge in [-0.15, -0.1) is 0 Å². The normalized spacial score (nSPS) is 31.2. The molecule has 9 heteroatoms. The monoisotopic (exact) mass is 375 g/mol. The highest BCUT2D eigenvalue weighted by atomic mass is 19.4. The van der Waals surface area contributed by atoms with E-state index < -0.39 is 30.1 Å². The predicted octanol–water partition coefficient (Wildman–Crippen LogP) is 0.715. The Morgan fingerprint density at radius 2 is 1.77 bits per heavy atom. The zero-order chi connectivity index (χ0) is 18.9. The lowest BCUT2D eigenvalue weighted by Crippen LogP contribution is -2.56. The third-order valence-electron chi connectivity index (χ3n) is 5.11. The standard InChI is InChI=1S/C17H24F3N3O3/c18-17(19,20)12-3-4-15(21-6-12)23-5-1-2-11(8-23)7-22-9-13(24)16(26)14(25)10-22/h3-4,6,11,13-14,16,24-26H,1-2,5,7-10H2/t11-,13-,14+,16+/m0/s1. The van der Waals surface area contributed by atoms with Crippen LogP contribution in [0.15, 0.2) is 18.3 Å². The van der Waals surface area contributed by atoms with Crippen molar-refractivity contribution < 1.29 is 28.5 Å². The Morgan fingerprint density at radius 3 is 2.35 bits per heavy atom. The highest BCUT2D eigenvalue weighted by Crippen LogP contribution is 2.30. The van der Waals surface area contributed by atoms with Gasteiger partial charge >= 0.3 is 6.18 Å². The summed E-state index contributed by atoms with van der Waals surface area (Å²) in [6.45, 7) is 2.64. The Kier molecular flexibility index (Phi) is 5.71. The summed E-state index contributed by atoms with van der Waals surface area (Å²) in [5.74, 6) is 0.777. The molecule has 0 saturated carbocycles. The second kappa shape index (κ2) is 7.67. The molecule has 0 unspecified atom stereocenters. The van der Waals surface area contributed by atoms with E-state index in [0.29, 0.717) is 32.0 Å². The Hall–Kier alpha value is -1.42. The van der Waals surface area contributed by atoms with Gasteiger partial charge in [0, 0.05) is 38.9 Å². The van der Waals surface area contributed by atoms with E-state index in [1.54, 1.807) is 0 Å². The number of likely N-dealkylation sites (tertiary alicyclic amines) is 1. The topological polar surface area (TPSA) is 80.1 Å². The van der Waals surface area contributed by atoms with Crippen LogP contribution < -0.4 is 4.90 Å². The lowest BCUT2D eigenvalue weighted by molar-refractivity contribution is -0.137. The lowest BCUT2D eigenvalue weighted by atomic mass is 9.95. The number of aliphatic hydroxyl groups excluding tert-OH is 3. The van der Waals surface area contributed by atoms with Gasteiger partial charge in [0.15, 0.2) is 0 Å². The summed E-state index contributed by atoms with van der Waals surface area (Å²) in [7, 11) is 0. The number of halogens is 3. The van der Waals surface area contributed by atoms with Crippen LogP contribution in [0.1, 0.15) is 18.4 Å². The second-order valence-electron chi connectivity index (χ2n) is 7.20. The second-order valence-corrected chi connectivity index (χ2v) is 7.20. The molecule has 2 aliphatic rings. The SMILES string of the molecule is O[C@H]1[C@H](O)CN(C[C@@H]2CCCN(c3ccc(C(F)(F)F)cn3)C2)C[C@@H]1O. The lowest BCUT2D eigenvalue weighted by Gasteiger charge is -2.41. The Balaban J connectivity index is 1.59. The molecule has 2 aliphatic heterocycles. The maximum absolute atomic E-state index is 12.7. The summed E-state index contributed by atoms with van der Waals surface area (Å²) < 4.78 is 38.0. The van der Waals surface area contributed by atoms with Gasteiger partial charge in [0.1, 0.15) is 11.9 Å². The predicted molar refractivity (Wildman–Crippen MR) is 88.6 cm³/mol. The fraction of sp³-hybridized carbons (Fsp3) is 0.706. The smallest absolute Gasteiger partial charge is 0.389 e. The number of aromatic nitrogens is 1. The molecular formula is C17H24F3N3O3. The summed E-state index contributed by atoms with van der Waals surface area (Å²) in [6, 6.07) is 2.45. The molecule has 0 radical (unpaired) electrons. The highest BCUT2D eigenvalue weighted by Gasteiger charge is 2.35. The zero-order valence-electron chi connectivity index (χ0n) is 14.3. The average Bonchev–Trinajstić information content (AvgIpc) is 2.59. The molecule has 0 aliphatic carbocycles. The van der Waals surface area contributed by atoms with Crippen LogP contribution in [0.25, 0.3) is 0 Å². The van der Waals surface area contributed by atoms with Gasteiger partial charge in [0.2, 0.25) is 0 Å². The molecule has 0 amide bonds. The number of hydrogen-bond donors (Lipinski definition) is 3. The maximum atomic E-state index is 12.7.